The van der Waals surface area contributed by atoms with E-state index < -0.39 is 15.4 Å². The van der Waals surface area contributed by atoms with Gasteiger partial charge in [-0.15, -0.1) is 0 Å². The second-order valence-electron chi connectivity index (χ2n) is 8.10. The average Bonchev–Trinajstić information content (AvgIpc) is 2.57. The monoisotopic (exact) mass is 366 g/mol. The number of nitrogens with zero attached hydrogens (tertiary/aromatic N) is 1. The van der Waals surface area contributed by atoms with Crippen molar-refractivity contribution in [3.8, 4) is 5.75 Å². The predicted octanol–water partition coefficient (Wildman–Crippen LogP) is 2.01. The van der Waals surface area contributed by atoms with E-state index in [0.29, 0.717) is 32.0 Å². The van der Waals surface area contributed by atoms with Crippen LogP contribution >= 0.6 is 0 Å². The molecule has 0 aliphatic carbocycles. The van der Waals surface area contributed by atoms with E-state index >= 15 is 0 Å². The Morgan fingerprint density at radius 1 is 1.20 bits per heavy atom. The first kappa shape index (κ1) is 18.2. The van der Waals surface area contributed by atoms with Crippen molar-refractivity contribution < 1.29 is 17.9 Å². The van der Waals surface area contributed by atoms with Gasteiger partial charge in [0.1, 0.15) is 10.6 Å². The molecule has 1 fully saturated rings. The molecule has 0 atom stereocenters. The van der Waals surface area contributed by atoms with Crippen LogP contribution in [0.3, 0.4) is 0 Å². The topological polar surface area (TPSA) is 75.7 Å². The van der Waals surface area contributed by atoms with E-state index in [1.807, 2.05) is 25.7 Å². The first-order chi connectivity index (χ1) is 11.6. The molecule has 1 N–H and O–H groups in total. The number of benzene rings is 1. The summed E-state index contributed by atoms with van der Waals surface area (Å²) < 4.78 is 33.7. The number of carbonyl (C=O) groups excluding carboxylic acids is 1. The number of rotatable bonds is 0. The van der Waals surface area contributed by atoms with Crippen molar-refractivity contribution in [2.45, 2.75) is 38.5 Å². The minimum Gasteiger partial charge on any atom is -0.492 e. The van der Waals surface area contributed by atoms with Crippen LogP contribution in [0.25, 0.3) is 0 Å². The van der Waals surface area contributed by atoms with E-state index in [-0.39, 0.29) is 16.2 Å². The van der Waals surface area contributed by atoms with Crippen LogP contribution in [-0.2, 0) is 14.8 Å². The Bertz CT molecular complexity index is 760. The van der Waals surface area contributed by atoms with E-state index in [0.717, 1.165) is 12.8 Å². The standard InChI is InChI=1S/C18H26N2O4S/c1-17(2,3)16(21)20-10-8-18(9-11-20)12-19-25(22,23)15-7-5-4-6-14(15)24-13-18/h4-7,19H,8-13H2,1-3H3. The number of para-hydroxylation sites is 1. The molecule has 0 bridgehead atoms. The van der Waals surface area contributed by atoms with Crippen LogP contribution in [0.4, 0.5) is 0 Å². The predicted molar refractivity (Wildman–Crippen MR) is 94.8 cm³/mol. The molecule has 2 aliphatic rings. The highest BCUT2D eigenvalue weighted by atomic mass is 32.2. The van der Waals surface area contributed by atoms with Crippen LogP contribution in [0.15, 0.2) is 29.2 Å². The zero-order chi connectivity index (χ0) is 18.3. The summed E-state index contributed by atoms with van der Waals surface area (Å²) in [4.78, 5) is 14.5. The summed E-state index contributed by atoms with van der Waals surface area (Å²) in [5.41, 5.74) is -0.683. The third-order valence-corrected chi connectivity index (χ3v) is 6.50. The summed E-state index contributed by atoms with van der Waals surface area (Å²) in [5, 5.41) is 0. The molecule has 6 nitrogen and oxygen atoms in total. The molecule has 3 rings (SSSR count). The van der Waals surface area contributed by atoms with Crippen LogP contribution in [-0.4, -0.2) is 45.5 Å². The van der Waals surface area contributed by atoms with Crippen LogP contribution in [0.5, 0.6) is 5.75 Å². The molecule has 1 aromatic rings. The maximum absolute atomic E-state index is 12.5. The van der Waals surface area contributed by atoms with Crippen LogP contribution < -0.4 is 9.46 Å². The highest BCUT2D eigenvalue weighted by Gasteiger charge is 2.41. The van der Waals surface area contributed by atoms with Gasteiger partial charge in [-0.2, -0.15) is 0 Å². The Morgan fingerprint density at radius 3 is 2.48 bits per heavy atom. The molecule has 0 saturated carbocycles. The number of hydrogen-bond donors (Lipinski definition) is 1. The molecule has 1 spiro atoms. The molecule has 0 aromatic heterocycles. The van der Waals surface area contributed by atoms with Gasteiger partial charge in [0.15, 0.2) is 0 Å². The molecule has 1 aromatic carbocycles. The van der Waals surface area contributed by atoms with Crippen molar-refractivity contribution in [2.75, 3.05) is 26.2 Å². The van der Waals surface area contributed by atoms with E-state index in [9.17, 15) is 13.2 Å². The molecule has 7 heteroatoms. The second-order valence-corrected chi connectivity index (χ2v) is 9.84. The molecule has 0 unspecified atom stereocenters. The van der Waals surface area contributed by atoms with E-state index in [1.165, 1.54) is 0 Å². The number of carbonyl (C=O) groups is 1. The van der Waals surface area contributed by atoms with Crippen LogP contribution in [0, 0.1) is 10.8 Å². The highest BCUT2D eigenvalue weighted by molar-refractivity contribution is 7.89. The number of piperidine rings is 1. The lowest BCUT2D eigenvalue weighted by Crippen LogP contribution is -2.52. The first-order valence-electron chi connectivity index (χ1n) is 8.64. The maximum Gasteiger partial charge on any atom is 0.244 e. The van der Waals surface area contributed by atoms with Gasteiger partial charge >= 0.3 is 0 Å². The van der Waals surface area contributed by atoms with Gasteiger partial charge in [-0.1, -0.05) is 32.9 Å². The molecule has 0 radical (unpaired) electrons. The SMILES string of the molecule is CC(C)(C)C(=O)N1CCC2(CC1)CNS(=O)(=O)c1ccccc1OC2. The van der Waals surface area contributed by atoms with Crippen molar-refractivity contribution in [2.24, 2.45) is 10.8 Å². The minimum atomic E-state index is -3.59. The summed E-state index contributed by atoms with van der Waals surface area (Å²) >= 11 is 0. The number of ether oxygens (including phenoxy) is 1. The smallest absolute Gasteiger partial charge is 0.244 e. The Balaban J connectivity index is 1.77. The summed E-state index contributed by atoms with van der Waals surface area (Å²) in [5.74, 6) is 0.530. The zero-order valence-corrected chi connectivity index (χ0v) is 15.9. The average molecular weight is 366 g/mol. The van der Waals surface area contributed by atoms with Crippen LogP contribution in [0.2, 0.25) is 0 Å². The molecular formula is C18H26N2O4S. The Kier molecular flexibility index (Phi) is 4.58. The zero-order valence-electron chi connectivity index (χ0n) is 15.0. The molecule has 2 heterocycles. The number of amides is 1. The fourth-order valence-electron chi connectivity index (χ4n) is 3.38. The second kappa shape index (κ2) is 6.29. The lowest BCUT2D eigenvalue weighted by Gasteiger charge is -2.43. The largest absolute Gasteiger partial charge is 0.492 e. The fourth-order valence-corrected chi connectivity index (χ4v) is 4.68. The Hall–Kier alpha value is -1.60. The Labute approximate surface area is 149 Å². The van der Waals surface area contributed by atoms with Crippen molar-refractivity contribution in [3.05, 3.63) is 24.3 Å². The van der Waals surface area contributed by atoms with Gasteiger partial charge in [0, 0.05) is 30.5 Å². The van der Waals surface area contributed by atoms with Gasteiger partial charge in [-0.25, -0.2) is 13.1 Å². The maximum atomic E-state index is 12.5. The van der Waals surface area contributed by atoms with E-state index in [4.69, 9.17) is 4.74 Å². The summed E-state index contributed by atoms with van der Waals surface area (Å²) in [6.45, 7) is 7.80. The van der Waals surface area contributed by atoms with Crippen molar-refractivity contribution in [1.29, 1.82) is 0 Å². The minimum absolute atomic E-state index is 0.139. The summed E-state index contributed by atoms with van der Waals surface area (Å²) in [7, 11) is -3.59. The van der Waals surface area contributed by atoms with E-state index in [1.54, 1.807) is 24.3 Å². The molecular weight excluding hydrogens is 340 g/mol. The Morgan fingerprint density at radius 2 is 1.84 bits per heavy atom. The number of fused-ring (bicyclic) bond motifs is 1. The van der Waals surface area contributed by atoms with E-state index in [2.05, 4.69) is 4.72 Å². The number of nitrogens with one attached hydrogen (secondary N) is 1. The normalized spacial score (nSPS) is 22.4. The van der Waals surface area contributed by atoms with Crippen molar-refractivity contribution in [1.82, 2.24) is 9.62 Å². The third kappa shape index (κ3) is 3.67. The summed E-state index contributed by atoms with van der Waals surface area (Å²) in [6.07, 6.45) is 1.44. The fraction of sp³-hybridized carbons (Fsp3) is 0.611. The number of hydrogen-bond acceptors (Lipinski definition) is 4. The molecule has 1 amide bonds. The van der Waals surface area contributed by atoms with Gasteiger partial charge in [0.05, 0.1) is 6.61 Å². The van der Waals surface area contributed by atoms with Gasteiger partial charge in [0.2, 0.25) is 15.9 Å². The molecule has 1 saturated heterocycles. The molecule has 2 aliphatic heterocycles. The van der Waals surface area contributed by atoms with Crippen molar-refractivity contribution >= 4 is 15.9 Å². The van der Waals surface area contributed by atoms with Gasteiger partial charge in [-0.3, -0.25) is 4.79 Å². The molecule has 25 heavy (non-hydrogen) atoms. The van der Waals surface area contributed by atoms with Gasteiger partial charge in [-0.05, 0) is 25.0 Å². The van der Waals surface area contributed by atoms with Gasteiger partial charge < -0.3 is 9.64 Å². The van der Waals surface area contributed by atoms with Crippen LogP contribution in [0.1, 0.15) is 33.6 Å². The molecule has 138 valence electrons. The number of likely N-dealkylation sites (tertiary alicyclic amines) is 1. The van der Waals surface area contributed by atoms with Crippen molar-refractivity contribution in [3.63, 3.8) is 0 Å². The van der Waals surface area contributed by atoms with Gasteiger partial charge in [0.25, 0.3) is 0 Å². The summed E-state index contributed by atoms with van der Waals surface area (Å²) in [6, 6.07) is 6.70. The first-order valence-corrected chi connectivity index (χ1v) is 10.1. The highest BCUT2D eigenvalue weighted by Crippen LogP contribution is 2.36. The lowest BCUT2D eigenvalue weighted by molar-refractivity contribution is -0.142. The third-order valence-electron chi connectivity index (χ3n) is 5.06. The lowest BCUT2D eigenvalue weighted by atomic mass is 9.78. The quantitative estimate of drug-likeness (QED) is 0.762. The number of sulfonamides is 1.